The van der Waals surface area contributed by atoms with Gasteiger partial charge in [-0.1, -0.05) is 12.1 Å². The molecule has 2 unspecified atom stereocenters. The molecule has 1 heterocycles. The smallest absolute Gasteiger partial charge is 0.246 e. The second kappa shape index (κ2) is 6.72. The van der Waals surface area contributed by atoms with Gasteiger partial charge in [0.15, 0.2) is 0 Å². The molecule has 2 rings (SSSR count). The quantitative estimate of drug-likeness (QED) is 0.832. The lowest BCUT2D eigenvalue weighted by molar-refractivity contribution is -0.148. The molecule has 0 radical (unpaired) electrons. The number of imide groups is 1. The Bertz CT molecular complexity index is 513. The number of ether oxygens (including phenoxy) is 1. The van der Waals surface area contributed by atoms with Crippen LogP contribution in [0.3, 0.4) is 0 Å². The van der Waals surface area contributed by atoms with Crippen molar-refractivity contribution in [1.29, 1.82) is 0 Å². The van der Waals surface area contributed by atoms with Crippen molar-refractivity contribution in [2.24, 2.45) is 0 Å². The highest BCUT2D eigenvalue weighted by atomic mass is 16.5. The van der Waals surface area contributed by atoms with Crippen molar-refractivity contribution >= 4 is 11.8 Å². The standard InChI is InChI=1S/C16H22N2O3/c1-11(10-12-4-6-13(21-3)7-5-12)17-14-8-9-15(19)18(2)16(14)20/h4-7,11,14,17H,8-10H2,1-3H3. The van der Waals surface area contributed by atoms with Crippen LogP contribution in [-0.2, 0) is 16.0 Å². The monoisotopic (exact) mass is 290 g/mol. The molecule has 1 aromatic rings. The summed E-state index contributed by atoms with van der Waals surface area (Å²) < 4.78 is 5.13. The van der Waals surface area contributed by atoms with E-state index in [-0.39, 0.29) is 23.9 Å². The third kappa shape index (κ3) is 3.82. The van der Waals surface area contributed by atoms with Gasteiger partial charge in [0.25, 0.3) is 0 Å². The molecular formula is C16H22N2O3. The summed E-state index contributed by atoms with van der Waals surface area (Å²) in [5.74, 6) is 0.607. The van der Waals surface area contributed by atoms with Gasteiger partial charge in [0.05, 0.1) is 13.2 Å². The maximum absolute atomic E-state index is 12.0. The number of amides is 2. The first kappa shape index (κ1) is 15.5. The third-order valence-corrected chi connectivity index (χ3v) is 3.84. The van der Waals surface area contributed by atoms with E-state index in [1.165, 1.54) is 10.5 Å². The van der Waals surface area contributed by atoms with E-state index in [2.05, 4.69) is 5.32 Å². The summed E-state index contributed by atoms with van der Waals surface area (Å²) in [6.07, 6.45) is 1.83. The third-order valence-electron chi connectivity index (χ3n) is 3.84. The molecule has 2 atom stereocenters. The molecule has 0 aliphatic carbocycles. The van der Waals surface area contributed by atoms with E-state index in [4.69, 9.17) is 4.74 Å². The van der Waals surface area contributed by atoms with E-state index in [0.717, 1.165) is 12.2 Å². The summed E-state index contributed by atoms with van der Waals surface area (Å²) in [7, 11) is 3.19. The highest BCUT2D eigenvalue weighted by Crippen LogP contribution is 2.15. The topological polar surface area (TPSA) is 58.6 Å². The number of piperidine rings is 1. The van der Waals surface area contributed by atoms with Crippen molar-refractivity contribution in [3.8, 4) is 5.75 Å². The molecule has 114 valence electrons. The molecule has 21 heavy (non-hydrogen) atoms. The number of hydrogen-bond acceptors (Lipinski definition) is 4. The minimum atomic E-state index is -0.263. The molecule has 5 heteroatoms. The van der Waals surface area contributed by atoms with Gasteiger partial charge < -0.3 is 10.1 Å². The number of likely N-dealkylation sites (N-methyl/N-ethyl adjacent to an activating group) is 1. The van der Waals surface area contributed by atoms with Crippen LogP contribution in [0.1, 0.15) is 25.3 Å². The van der Waals surface area contributed by atoms with Crippen molar-refractivity contribution in [1.82, 2.24) is 10.2 Å². The van der Waals surface area contributed by atoms with Gasteiger partial charge in [-0.25, -0.2) is 0 Å². The first-order valence-corrected chi connectivity index (χ1v) is 7.20. The van der Waals surface area contributed by atoms with Crippen molar-refractivity contribution < 1.29 is 14.3 Å². The summed E-state index contributed by atoms with van der Waals surface area (Å²) in [5.41, 5.74) is 1.18. The Balaban J connectivity index is 1.90. The van der Waals surface area contributed by atoms with Crippen LogP contribution in [0.2, 0.25) is 0 Å². The van der Waals surface area contributed by atoms with Crippen LogP contribution in [0, 0.1) is 0 Å². The van der Waals surface area contributed by atoms with Gasteiger partial charge in [-0.15, -0.1) is 0 Å². The zero-order valence-corrected chi connectivity index (χ0v) is 12.8. The molecule has 1 aliphatic heterocycles. The van der Waals surface area contributed by atoms with E-state index >= 15 is 0 Å². The van der Waals surface area contributed by atoms with Crippen LogP contribution in [0.25, 0.3) is 0 Å². The molecule has 0 saturated carbocycles. The average Bonchev–Trinajstić information content (AvgIpc) is 2.49. The van der Waals surface area contributed by atoms with E-state index in [9.17, 15) is 9.59 Å². The zero-order chi connectivity index (χ0) is 15.4. The molecule has 1 fully saturated rings. The number of hydrogen-bond donors (Lipinski definition) is 1. The Hall–Kier alpha value is -1.88. The van der Waals surface area contributed by atoms with E-state index in [0.29, 0.717) is 12.8 Å². The van der Waals surface area contributed by atoms with E-state index in [1.54, 1.807) is 14.2 Å². The zero-order valence-electron chi connectivity index (χ0n) is 12.8. The molecular weight excluding hydrogens is 268 g/mol. The predicted molar refractivity (Wildman–Crippen MR) is 80.1 cm³/mol. The van der Waals surface area contributed by atoms with Crippen molar-refractivity contribution in [3.63, 3.8) is 0 Å². The Kier molecular flexibility index (Phi) is 4.96. The summed E-state index contributed by atoms with van der Waals surface area (Å²) >= 11 is 0. The second-order valence-corrected chi connectivity index (χ2v) is 5.50. The average molecular weight is 290 g/mol. The fraction of sp³-hybridized carbons (Fsp3) is 0.500. The lowest BCUT2D eigenvalue weighted by atomic mass is 10.0. The number of methoxy groups -OCH3 is 1. The van der Waals surface area contributed by atoms with Crippen LogP contribution in [0.5, 0.6) is 5.75 Å². The number of likely N-dealkylation sites (tertiary alicyclic amines) is 1. The van der Waals surface area contributed by atoms with Gasteiger partial charge in [0, 0.05) is 19.5 Å². The van der Waals surface area contributed by atoms with Crippen LogP contribution in [0.15, 0.2) is 24.3 Å². The number of benzene rings is 1. The summed E-state index contributed by atoms with van der Waals surface area (Å²) in [6, 6.07) is 7.81. The molecule has 1 aliphatic rings. The lowest BCUT2D eigenvalue weighted by Crippen LogP contribution is -2.53. The number of nitrogens with one attached hydrogen (secondary N) is 1. The summed E-state index contributed by atoms with van der Waals surface area (Å²) in [5, 5.41) is 3.32. The predicted octanol–water partition coefficient (Wildman–Crippen LogP) is 1.36. The number of rotatable bonds is 5. The van der Waals surface area contributed by atoms with Crippen LogP contribution in [0.4, 0.5) is 0 Å². The van der Waals surface area contributed by atoms with Crippen LogP contribution >= 0.6 is 0 Å². The molecule has 0 spiro atoms. The van der Waals surface area contributed by atoms with Crippen molar-refractivity contribution in [3.05, 3.63) is 29.8 Å². The molecule has 1 aromatic carbocycles. The molecule has 1 saturated heterocycles. The summed E-state index contributed by atoms with van der Waals surface area (Å²) in [4.78, 5) is 24.7. The van der Waals surface area contributed by atoms with Gasteiger partial charge in [0.2, 0.25) is 11.8 Å². The maximum Gasteiger partial charge on any atom is 0.246 e. The first-order chi connectivity index (χ1) is 10.0. The van der Waals surface area contributed by atoms with Gasteiger partial charge in [-0.05, 0) is 37.5 Å². The minimum Gasteiger partial charge on any atom is -0.497 e. The number of carbonyl (C=O) groups is 2. The van der Waals surface area contributed by atoms with E-state index < -0.39 is 0 Å². The number of carbonyl (C=O) groups excluding carboxylic acids is 2. The molecule has 0 aromatic heterocycles. The minimum absolute atomic E-state index is 0.0964. The molecule has 5 nitrogen and oxygen atoms in total. The maximum atomic E-state index is 12.0. The largest absolute Gasteiger partial charge is 0.497 e. The highest BCUT2D eigenvalue weighted by Gasteiger charge is 2.32. The molecule has 0 bridgehead atoms. The first-order valence-electron chi connectivity index (χ1n) is 7.20. The fourth-order valence-electron chi connectivity index (χ4n) is 2.59. The molecule has 1 N–H and O–H groups in total. The van der Waals surface area contributed by atoms with Gasteiger partial charge in [-0.3, -0.25) is 14.5 Å². The van der Waals surface area contributed by atoms with Crippen LogP contribution < -0.4 is 10.1 Å². The van der Waals surface area contributed by atoms with Crippen molar-refractivity contribution in [2.45, 2.75) is 38.3 Å². The Morgan fingerprint density at radius 3 is 2.62 bits per heavy atom. The molecule has 2 amide bonds. The van der Waals surface area contributed by atoms with Crippen LogP contribution in [-0.4, -0.2) is 43.0 Å². The summed E-state index contributed by atoms with van der Waals surface area (Å²) in [6.45, 7) is 2.05. The Morgan fingerprint density at radius 1 is 1.33 bits per heavy atom. The SMILES string of the molecule is COc1ccc(CC(C)NC2CCC(=O)N(C)C2=O)cc1. The van der Waals surface area contributed by atoms with Crippen molar-refractivity contribution in [2.75, 3.05) is 14.2 Å². The second-order valence-electron chi connectivity index (χ2n) is 5.50. The van der Waals surface area contributed by atoms with Gasteiger partial charge in [0.1, 0.15) is 5.75 Å². The Morgan fingerprint density at radius 2 is 2.00 bits per heavy atom. The van der Waals surface area contributed by atoms with Gasteiger partial charge >= 0.3 is 0 Å². The Labute approximate surface area is 125 Å². The normalized spacial score (nSPS) is 20.5. The highest BCUT2D eigenvalue weighted by molar-refractivity contribution is 6.00. The van der Waals surface area contributed by atoms with Gasteiger partial charge in [-0.2, -0.15) is 0 Å². The number of nitrogens with zero attached hydrogens (tertiary/aromatic N) is 1. The fourth-order valence-corrected chi connectivity index (χ4v) is 2.59. The van der Waals surface area contributed by atoms with E-state index in [1.807, 2.05) is 31.2 Å². The lowest BCUT2D eigenvalue weighted by Gasteiger charge is -2.30.